The second-order valence-corrected chi connectivity index (χ2v) is 9.70. The highest BCUT2D eigenvalue weighted by molar-refractivity contribution is 7.89. The highest BCUT2D eigenvalue weighted by Crippen LogP contribution is 2.15. The van der Waals surface area contributed by atoms with Crippen LogP contribution in [0.2, 0.25) is 0 Å². The predicted octanol–water partition coefficient (Wildman–Crippen LogP) is 2.17. The van der Waals surface area contributed by atoms with Crippen LogP contribution in [0.5, 0.6) is 0 Å². The second-order valence-electron chi connectivity index (χ2n) is 7.99. The van der Waals surface area contributed by atoms with Crippen molar-refractivity contribution in [2.24, 2.45) is 0 Å². The Bertz CT molecular complexity index is 1080. The van der Waals surface area contributed by atoms with Crippen molar-refractivity contribution in [3.63, 3.8) is 0 Å². The maximum Gasteiger partial charge on any atom is 0.241 e. The van der Waals surface area contributed by atoms with Gasteiger partial charge in [0.25, 0.3) is 0 Å². The van der Waals surface area contributed by atoms with E-state index in [-0.39, 0.29) is 16.7 Å². The molecule has 0 spiro atoms. The number of hydrogen-bond donors (Lipinski definition) is 2. The number of sulfonamides is 1. The number of amides is 2. The van der Waals surface area contributed by atoms with Gasteiger partial charge in [-0.2, -0.15) is 4.72 Å². The summed E-state index contributed by atoms with van der Waals surface area (Å²) in [4.78, 5) is 27.9. The lowest BCUT2D eigenvalue weighted by atomic mass is 10.2. The molecule has 0 radical (unpaired) electrons. The van der Waals surface area contributed by atoms with E-state index in [0.717, 1.165) is 25.2 Å². The van der Waals surface area contributed by atoms with Gasteiger partial charge in [-0.3, -0.25) is 14.5 Å². The molecule has 1 fully saturated rings. The van der Waals surface area contributed by atoms with Crippen LogP contribution in [-0.2, 0) is 19.6 Å². The summed E-state index contributed by atoms with van der Waals surface area (Å²) in [6.45, 7) is 6.30. The number of rotatable bonds is 8. The smallest absolute Gasteiger partial charge is 0.241 e. The van der Waals surface area contributed by atoms with Gasteiger partial charge in [0.2, 0.25) is 21.8 Å². The SMILES string of the molecule is CC(=O)Nc1ccc(S(=O)(=O)N[C@@H](C)C(=O)N2CCN(C/C=C/c3ccccc3)CC2)cc1. The van der Waals surface area contributed by atoms with Gasteiger partial charge < -0.3 is 10.2 Å². The molecule has 0 unspecified atom stereocenters. The molecule has 8 nitrogen and oxygen atoms in total. The molecule has 1 saturated heterocycles. The van der Waals surface area contributed by atoms with Crippen molar-refractivity contribution in [2.75, 3.05) is 38.0 Å². The van der Waals surface area contributed by atoms with Crippen LogP contribution in [0.15, 0.2) is 65.6 Å². The first-order valence-corrected chi connectivity index (χ1v) is 12.4. The number of anilines is 1. The Hall–Kier alpha value is -3.01. The van der Waals surface area contributed by atoms with Gasteiger partial charge >= 0.3 is 0 Å². The van der Waals surface area contributed by atoms with E-state index in [2.05, 4.69) is 27.1 Å². The third-order valence-corrected chi connectivity index (χ3v) is 6.90. The zero-order chi connectivity index (χ0) is 23.8. The summed E-state index contributed by atoms with van der Waals surface area (Å²) in [7, 11) is -3.87. The second kappa shape index (κ2) is 11.2. The molecule has 2 aromatic carbocycles. The molecule has 33 heavy (non-hydrogen) atoms. The summed E-state index contributed by atoms with van der Waals surface area (Å²) in [5.74, 6) is -0.483. The summed E-state index contributed by atoms with van der Waals surface area (Å²) < 4.78 is 27.8. The lowest BCUT2D eigenvalue weighted by Crippen LogP contribution is -2.54. The summed E-state index contributed by atoms with van der Waals surface area (Å²) in [5, 5.41) is 2.59. The van der Waals surface area contributed by atoms with Gasteiger partial charge in [0.05, 0.1) is 10.9 Å². The minimum absolute atomic E-state index is 0.0336. The highest BCUT2D eigenvalue weighted by atomic mass is 32.2. The van der Waals surface area contributed by atoms with E-state index in [1.165, 1.54) is 31.2 Å². The third kappa shape index (κ3) is 7.24. The maximum atomic E-state index is 12.8. The first-order valence-electron chi connectivity index (χ1n) is 10.9. The number of nitrogens with one attached hydrogen (secondary N) is 2. The fourth-order valence-electron chi connectivity index (χ4n) is 3.60. The van der Waals surface area contributed by atoms with E-state index >= 15 is 0 Å². The third-order valence-electron chi connectivity index (χ3n) is 5.34. The van der Waals surface area contributed by atoms with Crippen molar-refractivity contribution in [1.29, 1.82) is 0 Å². The summed E-state index contributed by atoms with van der Waals surface area (Å²) >= 11 is 0. The maximum absolute atomic E-state index is 12.8. The van der Waals surface area contributed by atoms with Gasteiger partial charge in [0.15, 0.2) is 0 Å². The van der Waals surface area contributed by atoms with Gasteiger partial charge in [0, 0.05) is 45.3 Å². The molecule has 1 atom stereocenters. The summed E-state index contributed by atoms with van der Waals surface area (Å²) in [6.07, 6.45) is 4.19. The van der Waals surface area contributed by atoms with Crippen LogP contribution in [0.3, 0.4) is 0 Å². The minimum Gasteiger partial charge on any atom is -0.339 e. The normalized spacial score (nSPS) is 16.0. The number of piperazine rings is 1. The molecule has 2 aromatic rings. The van der Waals surface area contributed by atoms with E-state index in [0.29, 0.717) is 18.8 Å². The average Bonchev–Trinajstić information content (AvgIpc) is 2.79. The molecule has 0 aliphatic carbocycles. The van der Waals surface area contributed by atoms with Crippen molar-refractivity contribution in [1.82, 2.24) is 14.5 Å². The van der Waals surface area contributed by atoms with Gasteiger partial charge in [-0.15, -0.1) is 0 Å². The number of carbonyl (C=O) groups is 2. The van der Waals surface area contributed by atoms with Crippen LogP contribution >= 0.6 is 0 Å². The number of carbonyl (C=O) groups excluding carboxylic acids is 2. The summed E-state index contributed by atoms with van der Waals surface area (Å²) in [5.41, 5.74) is 1.65. The van der Waals surface area contributed by atoms with Gasteiger partial charge in [0.1, 0.15) is 0 Å². The van der Waals surface area contributed by atoms with Crippen LogP contribution in [0, 0.1) is 0 Å². The van der Waals surface area contributed by atoms with Gasteiger partial charge in [-0.25, -0.2) is 8.42 Å². The predicted molar refractivity (Wildman–Crippen MR) is 129 cm³/mol. The summed E-state index contributed by atoms with van der Waals surface area (Å²) in [6, 6.07) is 15.0. The van der Waals surface area contributed by atoms with Crippen LogP contribution in [0.25, 0.3) is 6.08 Å². The van der Waals surface area contributed by atoms with Gasteiger partial charge in [-0.05, 0) is 36.8 Å². The van der Waals surface area contributed by atoms with E-state index < -0.39 is 16.1 Å². The van der Waals surface area contributed by atoms with E-state index in [4.69, 9.17) is 0 Å². The molecule has 3 rings (SSSR count). The zero-order valence-corrected chi connectivity index (χ0v) is 19.7. The van der Waals surface area contributed by atoms with Crippen molar-refractivity contribution < 1.29 is 18.0 Å². The largest absolute Gasteiger partial charge is 0.339 e. The van der Waals surface area contributed by atoms with Crippen LogP contribution in [0.1, 0.15) is 19.4 Å². The Morgan fingerprint density at radius 3 is 2.24 bits per heavy atom. The Kier molecular flexibility index (Phi) is 8.37. The Morgan fingerprint density at radius 1 is 1.00 bits per heavy atom. The lowest BCUT2D eigenvalue weighted by Gasteiger charge is -2.35. The van der Waals surface area contributed by atoms with Crippen molar-refractivity contribution in [3.8, 4) is 0 Å². The molecule has 176 valence electrons. The number of hydrogen-bond acceptors (Lipinski definition) is 5. The topological polar surface area (TPSA) is 98.8 Å². The Morgan fingerprint density at radius 2 is 1.64 bits per heavy atom. The van der Waals surface area contributed by atoms with Crippen LogP contribution in [-0.4, -0.2) is 68.8 Å². The first-order chi connectivity index (χ1) is 15.7. The molecular weight excluding hydrogens is 440 g/mol. The van der Waals surface area contributed by atoms with Crippen molar-refractivity contribution >= 4 is 33.6 Å². The van der Waals surface area contributed by atoms with Crippen molar-refractivity contribution in [3.05, 3.63) is 66.2 Å². The fourth-order valence-corrected chi connectivity index (χ4v) is 4.80. The highest BCUT2D eigenvalue weighted by Gasteiger charge is 2.28. The molecule has 2 amide bonds. The molecule has 0 aromatic heterocycles. The molecule has 9 heteroatoms. The Labute approximate surface area is 195 Å². The molecule has 0 bridgehead atoms. The van der Waals surface area contributed by atoms with Crippen LogP contribution < -0.4 is 10.0 Å². The zero-order valence-electron chi connectivity index (χ0n) is 18.9. The van der Waals surface area contributed by atoms with E-state index in [1.54, 1.807) is 11.8 Å². The van der Waals surface area contributed by atoms with E-state index in [1.807, 2.05) is 30.3 Å². The van der Waals surface area contributed by atoms with Crippen molar-refractivity contribution in [2.45, 2.75) is 24.8 Å². The molecule has 2 N–H and O–H groups in total. The average molecular weight is 471 g/mol. The molecular formula is C24H30N4O4S. The number of nitrogens with zero attached hydrogens (tertiary/aromatic N) is 2. The minimum atomic E-state index is -3.87. The fraction of sp³-hybridized carbons (Fsp3) is 0.333. The monoisotopic (exact) mass is 470 g/mol. The quantitative estimate of drug-likeness (QED) is 0.616. The van der Waals surface area contributed by atoms with Gasteiger partial charge in [-0.1, -0.05) is 42.5 Å². The number of benzene rings is 2. The van der Waals surface area contributed by atoms with E-state index in [9.17, 15) is 18.0 Å². The molecule has 1 aliphatic heterocycles. The Balaban J connectivity index is 1.49. The molecule has 1 aliphatic rings. The molecule has 0 saturated carbocycles. The van der Waals surface area contributed by atoms with Crippen LogP contribution in [0.4, 0.5) is 5.69 Å². The standard InChI is InChI=1S/C24H30N4O4S/c1-19(26-33(31,32)23-12-10-22(11-13-23)25-20(2)29)24(30)28-17-15-27(16-18-28)14-6-9-21-7-4-3-5-8-21/h3-13,19,26H,14-18H2,1-2H3,(H,25,29)/b9-6+/t19-/m0/s1. The first kappa shape index (κ1) is 24.6. The molecule has 1 heterocycles. The lowest BCUT2D eigenvalue weighted by molar-refractivity contribution is -0.134.